The lowest BCUT2D eigenvalue weighted by molar-refractivity contribution is -0.121. The monoisotopic (exact) mass is 263 g/mol. The van der Waals surface area contributed by atoms with E-state index >= 15 is 0 Å². The summed E-state index contributed by atoms with van der Waals surface area (Å²) < 4.78 is 0. The average molecular weight is 263 g/mol. The second-order valence-corrected chi connectivity index (χ2v) is 5.89. The Kier molecular flexibility index (Phi) is 5.12. The molecule has 0 aromatic heterocycles. The van der Waals surface area contributed by atoms with E-state index in [0.717, 1.165) is 0 Å². The van der Waals surface area contributed by atoms with E-state index in [1.807, 2.05) is 0 Å². The van der Waals surface area contributed by atoms with Gasteiger partial charge in [-0.1, -0.05) is 26.0 Å². The van der Waals surface area contributed by atoms with Gasteiger partial charge in [0.05, 0.1) is 6.61 Å². The Morgan fingerprint density at radius 1 is 1.16 bits per heavy atom. The van der Waals surface area contributed by atoms with Gasteiger partial charge in [0, 0.05) is 18.4 Å². The van der Waals surface area contributed by atoms with Crippen molar-refractivity contribution >= 4 is 5.91 Å². The molecule has 0 heterocycles. The topological polar surface area (TPSA) is 49.3 Å². The predicted molar refractivity (Wildman–Crippen MR) is 78.4 cm³/mol. The zero-order valence-electron chi connectivity index (χ0n) is 12.6. The maximum absolute atomic E-state index is 11.5. The Balaban J connectivity index is 2.88. The Morgan fingerprint density at radius 3 is 2.32 bits per heavy atom. The van der Waals surface area contributed by atoms with Crippen LogP contribution in [0.5, 0.6) is 0 Å². The summed E-state index contributed by atoms with van der Waals surface area (Å²) in [6.45, 7) is 11.1. The smallest absolute Gasteiger partial charge is 0.222 e. The SMILES string of the molecule is Cc1cc(C)c(C(C)(C)CNC(=O)CCO)cc1C. The fourth-order valence-electron chi connectivity index (χ4n) is 2.29. The number of carbonyl (C=O) groups excluding carboxylic acids is 1. The van der Waals surface area contributed by atoms with Crippen molar-refractivity contribution in [2.24, 2.45) is 0 Å². The van der Waals surface area contributed by atoms with Gasteiger partial charge in [-0.25, -0.2) is 0 Å². The number of amides is 1. The highest BCUT2D eigenvalue weighted by Gasteiger charge is 2.23. The molecular weight excluding hydrogens is 238 g/mol. The van der Waals surface area contributed by atoms with E-state index in [-0.39, 0.29) is 24.3 Å². The van der Waals surface area contributed by atoms with Crippen LogP contribution in [-0.4, -0.2) is 24.2 Å². The second-order valence-electron chi connectivity index (χ2n) is 5.89. The van der Waals surface area contributed by atoms with Crippen LogP contribution in [0.2, 0.25) is 0 Å². The van der Waals surface area contributed by atoms with E-state index < -0.39 is 0 Å². The Labute approximate surface area is 116 Å². The quantitative estimate of drug-likeness (QED) is 0.857. The summed E-state index contributed by atoms with van der Waals surface area (Å²) >= 11 is 0. The zero-order chi connectivity index (χ0) is 14.6. The molecule has 0 saturated heterocycles. The molecule has 0 aliphatic heterocycles. The van der Waals surface area contributed by atoms with Crippen molar-refractivity contribution < 1.29 is 9.90 Å². The molecule has 3 nitrogen and oxygen atoms in total. The first kappa shape index (κ1) is 15.7. The Bertz CT molecular complexity index is 464. The maximum Gasteiger partial charge on any atom is 0.222 e. The van der Waals surface area contributed by atoms with Crippen molar-refractivity contribution in [3.8, 4) is 0 Å². The Morgan fingerprint density at radius 2 is 1.74 bits per heavy atom. The summed E-state index contributed by atoms with van der Waals surface area (Å²) in [7, 11) is 0. The molecule has 0 spiro atoms. The number of nitrogens with one attached hydrogen (secondary N) is 1. The fraction of sp³-hybridized carbons (Fsp3) is 0.562. The van der Waals surface area contributed by atoms with Crippen molar-refractivity contribution in [3.63, 3.8) is 0 Å². The normalized spacial score (nSPS) is 11.5. The van der Waals surface area contributed by atoms with Crippen LogP contribution in [-0.2, 0) is 10.2 Å². The summed E-state index contributed by atoms with van der Waals surface area (Å²) in [6, 6.07) is 4.41. The first-order valence-corrected chi connectivity index (χ1v) is 6.74. The summed E-state index contributed by atoms with van der Waals surface area (Å²) in [4.78, 5) is 11.5. The first-order chi connectivity index (χ1) is 8.77. The minimum absolute atomic E-state index is 0.0999. The first-order valence-electron chi connectivity index (χ1n) is 6.74. The number of aryl methyl sites for hydroxylation is 3. The van der Waals surface area contributed by atoms with Crippen LogP contribution >= 0.6 is 0 Å². The van der Waals surface area contributed by atoms with Crippen LogP contribution in [0.1, 0.15) is 42.5 Å². The molecule has 1 aromatic rings. The van der Waals surface area contributed by atoms with E-state index in [4.69, 9.17) is 5.11 Å². The summed E-state index contributed by atoms with van der Waals surface area (Å²) in [5.41, 5.74) is 4.97. The predicted octanol–water partition coefficient (Wildman–Crippen LogP) is 2.39. The molecule has 0 aliphatic carbocycles. The summed E-state index contributed by atoms with van der Waals surface area (Å²) in [5.74, 6) is -0.0999. The van der Waals surface area contributed by atoms with E-state index in [2.05, 4.69) is 52.1 Å². The molecule has 0 saturated carbocycles. The van der Waals surface area contributed by atoms with Crippen molar-refractivity contribution in [3.05, 3.63) is 34.4 Å². The van der Waals surface area contributed by atoms with Gasteiger partial charge in [-0.2, -0.15) is 0 Å². The van der Waals surface area contributed by atoms with Crippen LogP contribution in [0.3, 0.4) is 0 Å². The third kappa shape index (κ3) is 4.06. The number of rotatable bonds is 5. The lowest BCUT2D eigenvalue weighted by Gasteiger charge is -2.28. The lowest BCUT2D eigenvalue weighted by atomic mass is 9.80. The molecule has 3 heteroatoms. The van der Waals surface area contributed by atoms with E-state index in [0.29, 0.717) is 6.54 Å². The van der Waals surface area contributed by atoms with Crippen LogP contribution in [0, 0.1) is 20.8 Å². The van der Waals surface area contributed by atoms with Gasteiger partial charge in [0.1, 0.15) is 0 Å². The molecule has 0 bridgehead atoms. The van der Waals surface area contributed by atoms with Gasteiger partial charge in [-0.05, 0) is 43.0 Å². The number of aliphatic hydroxyl groups is 1. The van der Waals surface area contributed by atoms with Crippen molar-refractivity contribution in [2.45, 2.75) is 46.5 Å². The van der Waals surface area contributed by atoms with Crippen LogP contribution in [0.25, 0.3) is 0 Å². The number of benzene rings is 1. The second kappa shape index (κ2) is 6.20. The molecule has 1 rings (SSSR count). The van der Waals surface area contributed by atoms with Gasteiger partial charge in [-0.3, -0.25) is 4.79 Å². The van der Waals surface area contributed by atoms with Gasteiger partial charge >= 0.3 is 0 Å². The van der Waals surface area contributed by atoms with Gasteiger partial charge in [0.2, 0.25) is 5.91 Å². The maximum atomic E-state index is 11.5. The molecule has 2 N–H and O–H groups in total. The van der Waals surface area contributed by atoms with Crippen LogP contribution in [0.4, 0.5) is 0 Å². The van der Waals surface area contributed by atoms with E-state index in [1.54, 1.807) is 0 Å². The van der Waals surface area contributed by atoms with Gasteiger partial charge in [0.15, 0.2) is 0 Å². The molecule has 0 aliphatic rings. The summed E-state index contributed by atoms with van der Waals surface area (Å²) in [6.07, 6.45) is 0.169. The molecule has 0 unspecified atom stereocenters. The number of hydrogen-bond donors (Lipinski definition) is 2. The lowest BCUT2D eigenvalue weighted by Crippen LogP contribution is -2.37. The third-order valence-electron chi connectivity index (χ3n) is 3.64. The summed E-state index contributed by atoms with van der Waals surface area (Å²) in [5, 5.41) is 11.6. The Hall–Kier alpha value is -1.35. The largest absolute Gasteiger partial charge is 0.396 e. The number of aliphatic hydroxyl groups excluding tert-OH is 1. The van der Waals surface area contributed by atoms with Crippen molar-refractivity contribution in [2.75, 3.05) is 13.2 Å². The molecule has 0 radical (unpaired) electrons. The average Bonchev–Trinajstić information content (AvgIpc) is 2.31. The molecule has 0 fully saturated rings. The van der Waals surface area contributed by atoms with Gasteiger partial charge in [-0.15, -0.1) is 0 Å². The molecule has 1 aromatic carbocycles. The molecule has 0 atom stereocenters. The number of hydrogen-bond acceptors (Lipinski definition) is 2. The highest BCUT2D eigenvalue weighted by Crippen LogP contribution is 2.28. The van der Waals surface area contributed by atoms with Gasteiger partial charge in [0.25, 0.3) is 0 Å². The highest BCUT2D eigenvalue weighted by molar-refractivity contribution is 5.76. The van der Waals surface area contributed by atoms with Crippen LogP contribution in [0.15, 0.2) is 12.1 Å². The standard InChI is InChI=1S/C16H25NO2/c1-11-8-13(3)14(9-12(11)2)16(4,5)10-17-15(19)6-7-18/h8-9,18H,6-7,10H2,1-5H3,(H,17,19). The van der Waals surface area contributed by atoms with Gasteiger partial charge < -0.3 is 10.4 Å². The fourth-order valence-corrected chi connectivity index (χ4v) is 2.29. The molecular formula is C16H25NO2. The molecule has 1 amide bonds. The van der Waals surface area contributed by atoms with Crippen LogP contribution < -0.4 is 5.32 Å². The molecule has 19 heavy (non-hydrogen) atoms. The minimum atomic E-state index is -0.117. The van der Waals surface area contributed by atoms with Crippen molar-refractivity contribution in [1.82, 2.24) is 5.32 Å². The van der Waals surface area contributed by atoms with E-state index in [1.165, 1.54) is 22.3 Å². The minimum Gasteiger partial charge on any atom is -0.396 e. The molecule has 106 valence electrons. The van der Waals surface area contributed by atoms with Crippen molar-refractivity contribution in [1.29, 1.82) is 0 Å². The zero-order valence-corrected chi connectivity index (χ0v) is 12.6. The third-order valence-corrected chi connectivity index (χ3v) is 3.64. The number of carbonyl (C=O) groups is 1. The van der Waals surface area contributed by atoms with E-state index in [9.17, 15) is 4.79 Å². The highest BCUT2D eigenvalue weighted by atomic mass is 16.3.